The van der Waals surface area contributed by atoms with E-state index in [-0.39, 0.29) is 11.7 Å². The molecule has 2 atom stereocenters. The lowest BCUT2D eigenvalue weighted by atomic mass is 9.93. The topological polar surface area (TPSA) is 29.5 Å². The minimum atomic E-state index is -0.386. The van der Waals surface area contributed by atoms with Crippen molar-refractivity contribution < 1.29 is 9.53 Å². The van der Waals surface area contributed by atoms with Gasteiger partial charge in [0.25, 0.3) is 0 Å². The summed E-state index contributed by atoms with van der Waals surface area (Å²) in [5.74, 6) is 0.728. The number of piperidine rings is 1. The molecule has 3 nitrogen and oxygen atoms in total. The second kappa shape index (κ2) is 4.79. The summed E-state index contributed by atoms with van der Waals surface area (Å²) in [6, 6.07) is 0.817. The summed E-state index contributed by atoms with van der Waals surface area (Å²) in [6.07, 6.45) is 4.43. The van der Waals surface area contributed by atoms with Gasteiger partial charge in [-0.2, -0.15) is 0 Å². The highest BCUT2D eigenvalue weighted by Gasteiger charge is 2.44. The zero-order valence-corrected chi connectivity index (χ0v) is 12.5. The Morgan fingerprint density at radius 2 is 1.82 bits per heavy atom. The van der Waals surface area contributed by atoms with Crippen LogP contribution < -0.4 is 0 Å². The fourth-order valence-electron chi connectivity index (χ4n) is 3.03. The van der Waals surface area contributed by atoms with Crippen LogP contribution in [0.1, 0.15) is 46.5 Å². The van der Waals surface area contributed by atoms with Gasteiger partial charge in [0.15, 0.2) is 0 Å². The fraction of sp³-hybridized carbons (Fsp3) is 0.923. The maximum Gasteiger partial charge on any atom is 0.410 e. The Morgan fingerprint density at radius 1 is 1.29 bits per heavy atom. The third-order valence-electron chi connectivity index (χ3n) is 3.65. The van der Waals surface area contributed by atoms with Gasteiger partial charge in [0.2, 0.25) is 0 Å². The van der Waals surface area contributed by atoms with Gasteiger partial charge in [-0.25, -0.2) is 4.79 Å². The number of hydrogen-bond donors (Lipinski definition) is 0. The Bertz CT molecular complexity index is 286. The number of nitrogens with zero attached hydrogens (tertiary/aromatic N) is 1. The van der Waals surface area contributed by atoms with E-state index in [1.54, 1.807) is 0 Å². The first-order valence-electron chi connectivity index (χ1n) is 6.48. The van der Waals surface area contributed by atoms with E-state index in [0.717, 1.165) is 36.9 Å². The summed E-state index contributed by atoms with van der Waals surface area (Å²) in [7, 11) is 0. The zero-order valence-electron chi connectivity index (χ0n) is 10.9. The van der Waals surface area contributed by atoms with Crippen molar-refractivity contribution in [2.45, 2.75) is 64.1 Å². The summed E-state index contributed by atoms with van der Waals surface area (Å²) in [5.41, 5.74) is -0.386. The minimum absolute atomic E-state index is 0.113. The Balaban J connectivity index is 2.01. The average molecular weight is 304 g/mol. The molecule has 0 aromatic rings. The van der Waals surface area contributed by atoms with Gasteiger partial charge in [0, 0.05) is 17.4 Å². The van der Waals surface area contributed by atoms with Crippen LogP contribution >= 0.6 is 15.9 Å². The first-order valence-corrected chi connectivity index (χ1v) is 7.60. The Hall–Kier alpha value is -0.250. The first kappa shape index (κ1) is 13.2. The van der Waals surface area contributed by atoms with Crippen LogP contribution in [-0.2, 0) is 4.74 Å². The van der Waals surface area contributed by atoms with E-state index in [2.05, 4.69) is 15.9 Å². The van der Waals surface area contributed by atoms with Gasteiger partial charge < -0.3 is 9.64 Å². The number of carbonyl (C=O) groups is 1. The van der Waals surface area contributed by atoms with Crippen LogP contribution in [0.25, 0.3) is 0 Å². The van der Waals surface area contributed by atoms with Gasteiger partial charge in [-0.05, 0) is 52.4 Å². The van der Waals surface area contributed by atoms with Crippen molar-refractivity contribution in [1.82, 2.24) is 4.90 Å². The predicted molar refractivity (Wildman–Crippen MR) is 71.4 cm³/mol. The van der Waals surface area contributed by atoms with Gasteiger partial charge in [-0.15, -0.1) is 0 Å². The lowest BCUT2D eigenvalue weighted by Crippen LogP contribution is -2.48. The Morgan fingerprint density at radius 3 is 2.24 bits per heavy atom. The zero-order chi connectivity index (χ0) is 12.6. The van der Waals surface area contributed by atoms with E-state index in [0.29, 0.717) is 12.1 Å². The minimum Gasteiger partial charge on any atom is -0.444 e. The van der Waals surface area contributed by atoms with E-state index < -0.39 is 0 Å². The van der Waals surface area contributed by atoms with Gasteiger partial charge in [-0.1, -0.05) is 15.9 Å². The molecule has 98 valence electrons. The number of ether oxygens (including phenoxy) is 1. The molecule has 2 saturated heterocycles. The lowest BCUT2D eigenvalue weighted by molar-refractivity contribution is 0.00346. The normalized spacial score (nSPS) is 32.7. The average Bonchev–Trinajstić information content (AvgIpc) is 2.47. The van der Waals surface area contributed by atoms with Gasteiger partial charge in [-0.3, -0.25) is 0 Å². The molecular formula is C13H22BrNO2. The molecule has 2 aliphatic heterocycles. The molecule has 2 heterocycles. The van der Waals surface area contributed by atoms with Crippen LogP contribution in [0.15, 0.2) is 0 Å². The second-order valence-corrected chi connectivity index (χ2v) is 6.91. The van der Waals surface area contributed by atoms with Crippen LogP contribution in [0.2, 0.25) is 0 Å². The van der Waals surface area contributed by atoms with Gasteiger partial charge >= 0.3 is 6.09 Å². The van der Waals surface area contributed by atoms with E-state index >= 15 is 0 Å². The van der Waals surface area contributed by atoms with Crippen molar-refractivity contribution >= 4 is 22.0 Å². The molecule has 0 aromatic heterocycles. The van der Waals surface area contributed by atoms with Crippen molar-refractivity contribution in [3.05, 3.63) is 0 Å². The van der Waals surface area contributed by atoms with Crippen molar-refractivity contribution in [3.63, 3.8) is 0 Å². The number of carbonyl (C=O) groups excluding carboxylic acids is 1. The number of rotatable bonds is 1. The van der Waals surface area contributed by atoms with Crippen molar-refractivity contribution in [2.75, 3.05) is 5.33 Å². The van der Waals surface area contributed by atoms with Crippen LogP contribution in [0.3, 0.4) is 0 Å². The molecule has 2 aliphatic rings. The van der Waals surface area contributed by atoms with E-state index in [1.807, 2.05) is 25.7 Å². The molecular weight excluding hydrogens is 282 g/mol. The number of fused-ring (bicyclic) bond motifs is 2. The van der Waals surface area contributed by atoms with E-state index in [1.165, 1.54) is 0 Å². The van der Waals surface area contributed by atoms with Gasteiger partial charge in [0.05, 0.1) is 0 Å². The molecule has 0 N–H and O–H groups in total. The third kappa shape index (κ3) is 2.95. The molecule has 1 amide bonds. The highest BCUT2D eigenvalue weighted by atomic mass is 79.9. The number of amides is 1. The molecule has 2 bridgehead atoms. The molecule has 0 spiro atoms. The number of hydrogen-bond acceptors (Lipinski definition) is 2. The van der Waals surface area contributed by atoms with Crippen LogP contribution in [-0.4, -0.2) is 34.0 Å². The lowest BCUT2D eigenvalue weighted by Gasteiger charge is -2.39. The molecule has 4 heteroatoms. The highest BCUT2D eigenvalue weighted by molar-refractivity contribution is 9.09. The molecule has 0 unspecified atom stereocenters. The third-order valence-corrected chi connectivity index (χ3v) is 4.57. The maximum atomic E-state index is 12.2. The van der Waals surface area contributed by atoms with Crippen molar-refractivity contribution in [1.29, 1.82) is 0 Å². The fourth-order valence-corrected chi connectivity index (χ4v) is 3.56. The molecule has 2 rings (SSSR count). The Labute approximate surface area is 112 Å². The summed E-state index contributed by atoms with van der Waals surface area (Å²) in [6.45, 7) is 5.79. The SMILES string of the molecule is CC(C)(C)OC(=O)N1[C@H]2CC[C@H]1CC(CBr)C2. The second-order valence-electron chi connectivity index (χ2n) is 6.26. The molecule has 0 aliphatic carbocycles. The summed E-state index contributed by atoms with van der Waals surface area (Å²) < 4.78 is 5.50. The van der Waals surface area contributed by atoms with Crippen LogP contribution in [0, 0.1) is 5.92 Å². The summed E-state index contributed by atoms with van der Waals surface area (Å²) in [5, 5.41) is 1.06. The number of alkyl halides is 1. The number of halogens is 1. The van der Waals surface area contributed by atoms with Crippen molar-refractivity contribution in [2.24, 2.45) is 5.92 Å². The molecule has 17 heavy (non-hydrogen) atoms. The van der Waals surface area contributed by atoms with E-state index in [9.17, 15) is 4.79 Å². The van der Waals surface area contributed by atoms with Crippen LogP contribution in [0.5, 0.6) is 0 Å². The molecule has 2 fully saturated rings. The summed E-state index contributed by atoms with van der Waals surface area (Å²) in [4.78, 5) is 14.2. The first-order chi connectivity index (χ1) is 7.90. The summed E-state index contributed by atoms with van der Waals surface area (Å²) >= 11 is 3.56. The molecule has 0 aromatic carbocycles. The highest BCUT2D eigenvalue weighted by Crippen LogP contribution is 2.39. The standard InChI is InChI=1S/C13H22BrNO2/c1-13(2,3)17-12(16)15-10-4-5-11(15)7-9(6-10)8-14/h9-11H,4-8H2,1-3H3/t10-,11-/m0/s1. The molecule has 0 radical (unpaired) electrons. The monoisotopic (exact) mass is 303 g/mol. The van der Waals surface area contributed by atoms with Crippen LogP contribution in [0.4, 0.5) is 4.79 Å². The van der Waals surface area contributed by atoms with Gasteiger partial charge in [0.1, 0.15) is 5.60 Å². The van der Waals surface area contributed by atoms with E-state index in [4.69, 9.17) is 4.74 Å². The smallest absolute Gasteiger partial charge is 0.410 e. The Kier molecular flexibility index (Phi) is 3.71. The predicted octanol–water partition coefficient (Wildman–Crippen LogP) is 3.56. The quantitative estimate of drug-likeness (QED) is 0.693. The largest absolute Gasteiger partial charge is 0.444 e. The van der Waals surface area contributed by atoms with Crippen molar-refractivity contribution in [3.8, 4) is 0 Å². The molecule has 0 saturated carbocycles. The maximum absolute atomic E-state index is 12.2.